The van der Waals surface area contributed by atoms with Gasteiger partial charge >= 0.3 is 0 Å². The Labute approximate surface area is 141 Å². The molecule has 3 rings (SSSR count). The summed E-state index contributed by atoms with van der Waals surface area (Å²) in [6.45, 7) is 6.07. The lowest BCUT2D eigenvalue weighted by Gasteiger charge is -2.31. The summed E-state index contributed by atoms with van der Waals surface area (Å²) in [6.07, 6.45) is 1.04. The van der Waals surface area contributed by atoms with E-state index in [0.29, 0.717) is 11.3 Å². The number of nitrogens with zero attached hydrogens (tertiary/aromatic N) is 2. The van der Waals surface area contributed by atoms with Crippen molar-refractivity contribution in [3.05, 3.63) is 52.4 Å². The zero-order chi connectivity index (χ0) is 17.1. The fraction of sp³-hybridized carbons (Fsp3) is 0.444. The molecule has 1 atom stereocenters. The summed E-state index contributed by atoms with van der Waals surface area (Å²) in [4.78, 5) is 14.7. The molecule has 6 nitrogen and oxygen atoms in total. The highest BCUT2D eigenvalue weighted by atomic mass is 16.5. The third-order valence-electron chi connectivity index (χ3n) is 4.48. The molecule has 6 heteroatoms. The highest BCUT2D eigenvalue weighted by Gasteiger charge is 2.22. The maximum absolute atomic E-state index is 12.3. The summed E-state index contributed by atoms with van der Waals surface area (Å²) in [5, 5.41) is 16.0. The van der Waals surface area contributed by atoms with Crippen LogP contribution < -0.4 is 5.32 Å². The van der Waals surface area contributed by atoms with Gasteiger partial charge in [-0.05, 0) is 31.4 Å². The van der Waals surface area contributed by atoms with Gasteiger partial charge in [0, 0.05) is 25.7 Å². The van der Waals surface area contributed by atoms with Crippen molar-refractivity contribution < 1.29 is 14.4 Å². The first-order chi connectivity index (χ1) is 11.6. The summed E-state index contributed by atoms with van der Waals surface area (Å²) < 4.78 is 5.00. The number of fused-ring (bicyclic) bond motifs is 1. The van der Waals surface area contributed by atoms with Crippen molar-refractivity contribution in [3.8, 4) is 0 Å². The zero-order valence-corrected chi connectivity index (χ0v) is 14.1. The maximum atomic E-state index is 12.3. The second-order valence-corrected chi connectivity index (χ2v) is 6.35. The largest absolute Gasteiger partial charge is 0.391 e. The van der Waals surface area contributed by atoms with Gasteiger partial charge in [0.05, 0.1) is 12.2 Å². The first-order valence-electron chi connectivity index (χ1n) is 8.24. The summed E-state index contributed by atoms with van der Waals surface area (Å²) >= 11 is 0. The van der Waals surface area contributed by atoms with Crippen LogP contribution in [0.25, 0.3) is 0 Å². The first kappa shape index (κ1) is 16.7. The van der Waals surface area contributed by atoms with E-state index < -0.39 is 0 Å². The Morgan fingerprint density at radius 1 is 1.42 bits per heavy atom. The van der Waals surface area contributed by atoms with Crippen LogP contribution in [0.3, 0.4) is 0 Å². The standard InChI is InChI=1S/C18H23N3O3/c1-12(19-18(23)17-16(11-22)13(2)24-20-17)9-21-8-7-14-5-3-4-6-15(14)10-21/h3-6,12,22H,7-11H2,1-2H3,(H,19,23). The number of nitrogens with one attached hydrogen (secondary N) is 1. The molecule has 24 heavy (non-hydrogen) atoms. The fourth-order valence-electron chi connectivity index (χ4n) is 3.19. The monoisotopic (exact) mass is 329 g/mol. The van der Waals surface area contributed by atoms with Gasteiger partial charge in [0.2, 0.25) is 0 Å². The number of carbonyl (C=O) groups excluding carboxylic acids is 1. The van der Waals surface area contributed by atoms with Crippen LogP contribution in [0.15, 0.2) is 28.8 Å². The molecule has 0 radical (unpaired) electrons. The van der Waals surface area contributed by atoms with E-state index in [2.05, 4.69) is 39.6 Å². The molecule has 2 N–H and O–H groups in total. The second-order valence-electron chi connectivity index (χ2n) is 6.35. The van der Waals surface area contributed by atoms with Gasteiger partial charge in [-0.15, -0.1) is 0 Å². The molecular formula is C18H23N3O3. The minimum absolute atomic E-state index is 0.0219. The van der Waals surface area contributed by atoms with E-state index in [9.17, 15) is 9.90 Å². The molecule has 1 aromatic heterocycles. The van der Waals surface area contributed by atoms with Gasteiger partial charge in [0.15, 0.2) is 5.69 Å². The lowest BCUT2D eigenvalue weighted by Crippen LogP contribution is -2.43. The zero-order valence-electron chi connectivity index (χ0n) is 14.1. The van der Waals surface area contributed by atoms with Gasteiger partial charge in [-0.25, -0.2) is 0 Å². The van der Waals surface area contributed by atoms with Crippen molar-refractivity contribution in [2.24, 2.45) is 0 Å². The number of hydrogen-bond donors (Lipinski definition) is 2. The molecule has 1 aliphatic rings. The van der Waals surface area contributed by atoms with Crippen molar-refractivity contribution in [1.29, 1.82) is 0 Å². The summed E-state index contributed by atoms with van der Waals surface area (Å²) in [7, 11) is 0. The lowest BCUT2D eigenvalue weighted by atomic mass is 9.99. The van der Waals surface area contributed by atoms with E-state index in [0.717, 1.165) is 26.1 Å². The predicted octanol–water partition coefficient (Wildman–Crippen LogP) is 1.65. The normalized spacial score (nSPS) is 15.8. The number of aryl methyl sites for hydroxylation is 1. The number of rotatable bonds is 5. The van der Waals surface area contributed by atoms with E-state index in [1.165, 1.54) is 11.1 Å². The van der Waals surface area contributed by atoms with Crippen LogP contribution in [-0.2, 0) is 19.6 Å². The van der Waals surface area contributed by atoms with Crippen LogP contribution in [0.1, 0.15) is 39.9 Å². The van der Waals surface area contributed by atoms with Gasteiger partial charge in [-0.3, -0.25) is 9.69 Å². The van der Waals surface area contributed by atoms with Crippen molar-refractivity contribution in [2.75, 3.05) is 13.1 Å². The number of carbonyl (C=O) groups is 1. The van der Waals surface area contributed by atoms with Crippen molar-refractivity contribution in [3.63, 3.8) is 0 Å². The molecule has 0 fully saturated rings. The molecule has 1 aliphatic heterocycles. The Balaban J connectivity index is 1.58. The smallest absolute Gasteiger partial charge is 0.274 e. The number of aliphatic hydroxyl groups is 1. The number of benzene rings is 1. The average Bonchev–Trinajstić information content (AvgIpc) is 2.95. The minimum Gasteiger partial charge on any atom is -0.391 e. The molecule has 0 saturated heterocycles. The lowest BCUT2D eigenvalue weighted by molar-refractivity contribution is 0.0915. The minimum atomic E-state index is -0.305. The van der Waals surface area contributed by atoms with Crippen LogP contribution in [0, 0.1) is 6.92 Å². The van der Waals surface area contributed by atoms with Crippen LogP contribution >= 0.6 is 0 Å². The van der Waals surface area contributed by atoms with Crippen LogP contribution in [0.5, 0.6) is 0 Å². The Morgan fingerprint density at radius 2 is 2.17 bits per heavy atom. The van der Waals surface area contributed by atoms with Crippen molar-refractivity contribution in [1.82, 2.24) is 15.4 Å². The molecular weight excluding hydrogens is 306 g/mol. The molecule has 128 valence electrons. The molecule has 1 unspecified atom stereocenters. The summed E-state index contributed by atoms with van der Waals surface area (Å²) in [5.41, 5.74) is 3.39. The number of hydrogen-bond acceptors (Lipinski definition) is 5. The first-order valence-corrected chi connectivity index (χ1v) is 8.24. The highest BCUT2D eigenvalue weighted by Crippen LogP contribution is 2.18. The highest BCUT2D eigenvalue weighted by molar-refractivity contribution is 5.93. The average molecular weight is 329 g/mol. The van der Waals surface area contributed by atoms with Gasteiger partial charge in [0.1, 0.15) is 5.76 Å². The van der Waals surface area contributed by atoms with Gasteiger partial charge in [-0.1, -0.05) is 29.4 Å². The quantitative estimate of drug-likeness (QED) is 0.872. The molecule has 0 bridgehead atoms. The summed E-state index contributed by atoms with van der Waals surface area (Å²) in [6, 6.07) is 8.47. The SMILES string of the molecule is Cc1onc(C(=O)NC(C)CN2CCc3ccccc3C2)c1CO. The molecule has 0 aliphatic carbocycles. The number of aromatic nitrogens is 1. The van der Waals surface area contributed by atoms with E-state index in [1.54, 1.807) is 6.92 Å². The predicted molar refractivity (Wildman–Crippen MR) is 89.5 cm³/mol. The third kappa shape index (κ3) is 3.49. The van der Waals surface area contributed by atoms with Crippen molar-refractivity contribution >= 4 is 5.91 Å². The Kier molecular flexibility index (Phi) is 4.97. The Bertz CT molecular complexity index is 726. The van der Waals surface area contributed by atoms with E-state index in [4.69, 9.17) is 4.52 Å². The molecule has 2 aromatic rings. The van der Waals surface area contributed by atoms with E-state index >= 15 is 0 Å². The van der Waals surface area contributed by atoms with Crippen LogP contribution in [0.2, 0.25) is 0 Å². The van der Waals surface area contributed by atoms with Gasteiger partial charge in [-0.2, -0.15) is 0 Å². The van der Waals surface area contributed by atoms with Crippen LogP contribution in [0.4, 0.5) is 0 Å². The molecule has 1 aromatic carbocycles. The second kappa shape index (κ2) is 7.15. The number of aliphatic hydroxyl groups excluding tert-OH is 1. The van der Waals surface area contributed by atoms with Gasteiger partial charge in [0.25, 0.3) is 5.91 Å². The molecule has 0 spiro atoms. The van der Waals surface area contributed by atoms with E-state index in [1.807, 2.05) is 6.92 Å². The number of amides is 1. The molecule has 1 amide bonds. The molecule has 0 saturated carbocycles. The molecule has 2 heterocycles. The topological polar surface area (TPSA) is 78.6 Å². The fourth-order valence-corrected chi connectivity index (χ4v) is 3.19. The maximum Gasteiger partial charge on any atom is 0.274 e. The van der Waals surface area contributed by atoms with Crippen molar-refractivity contribution in [2.45, 2.75) is 39.5 Å². The Hall–Kier alpha value is -2.18. The third-order valence-corrected chi connectivity index (χ3v) is 4.48. The van der Waals surface area contributed by atoms with Gasteiger partial charge < -0.3 is 14.9 Å². The summed E-state index contributed by atoms with van der Waals surface area (Å²) in [5.74, 6) is 0.170. The van der Waals surface area contributed by atoms with Crippen LogP contribution in [-0.4, -0.2) is 40.2 Å². The Morgan fingerprint density at radius 3 is 2.92 bits per heavy atom. The van der Waals surface area contributed by atoms with E-state index in [-0.39, 0.29) is 24.2 Å².